The fourth-order valence-electron chi connectivity index (χ4n) is 1.03. The molecule has 1 heterocycles. The van der Waals surface area contributed by atoms with Gasteiger partial charge < -0.3 is 20.8 Å². The van der Waals surface area contributed by atoms with Crippen molar-refractivity contribution in [1.29, 1.82) is 0 Å². The van der Waals surface area contributed by atoms with E-state index in [1.165, 1.54) is 11.3 Å². The zero-order chi connectivity index (χ0) is 15.5. The first-order chi connectivity index (χ1) is 9.34. The predicted octanol–water partition coefficient (Wildman–Crippen LogP) is 0.631. The quantitative estimate of drug-likeness (QED) is 0.468. The van der Waals surface area contributed by atoms with Crippen molar-refractivity contribution in [3.63, 3.8) is 0 Å². The van der Waals surface area contributed by atoms with Gasteiger partial charge in [-0.05, 0) is 11.4 Å². The van der Waals surface area contributed by atoms with Crippen molar-refractivity contribution in [2.24, 2.45) is 0 Å². The molecule has 0 aliphatic heterocycles. The summed E-state index contributed by atoms with van der Waals surface area (Å²) in [4.78, 5) is 30.4. The van der Waals surface area contributed by atoms with Gasteiger partial charge in [0.25, 0.3) is 5.91 Å². The zero-order valence-electron chi connectivity index (χ0n) is 11.3. The lowest BCUT2D eigenvalue weighted by atomic mass is 10.4. The number of amides is 1. The molecule has 1 amide bonds. The first kappa shape index (κ1) is 18.1. The molecule has 0 atom stereocenters. The van der Waals surface area contributed by atoms with E-state index in [1.807, 2.05) is 17.5 Å². The number of rotatable bonds is 5. The van der Waals surface area contributed by atoms with E-state index in [2.05, 4.69) is 24.5 Å². The van der Waals surface area contributed by atoms with E-state index < -0.39 is 11.9 Å². The van der Waals surface area contributed by atoms with E-state index in [-0.39, 0.29) is 5.91 Å². The Bertz CT molecular complexity index is 419. The van der Waals surface area contributed by atoms with Gasteiger partial charge in [-0.3, -0.25) is 4.79 Å². The van der Waals surface area contributed by atoms with Gasteiger partial charge in [-0.25, -0.2) is 9.59 Å². The molecule has 0 aliphatic carbocycles. The maximum Gasteiger partial charge on any atom is 0.414 e. The number of hydrogen-bond acceptors (Lipinski definition) is 5. The number of thiophene rings is 1. The molecule has 0 unspecified atom stereocenters. The molecule has 0 saturated carbocycles. The zero-order valence-corrected chi connectivity index (χ0v) is 12.1. The summed E-state index contributed by atoms with van der Waals surface area (Å²) in [5, 5.41) is 22.8. The fourth-order valence-corrected chi connectivity index (χ4v) is 1.67. The highest BCUT2D eigenvalue weighted by atomic mass is 32.1. The van der Waals surface area contributed by atoms with Crippen molar-refractivity contribution in [3.8, 4) is 0 Å². The van der Waals surface area contributed by atoms with Gasteiger partial charge in [-0.1, -0.05) is 19.9 Å². The van der Waals surface area contributed by atoms with E-state index in [1.54, 1.807) is 0 Å². The van der Waals surface area contributed by atoms with Crippen LogP contribution in [0.25, 0.3) is 0 Å². The first-order valence-corrected chi connectivity index (χ1v) is 6.73. The molecule has 0 saturated heterocycles. The summed E-state index contributed by atoms with van der Waals surface area (Å²) in [7, 11) is 0. The molecule has 20 heavy (non-hydrogen) atoms. The molecule has 0 radical (unpaired) electrons. The van der Waals surface area contributed by atoms with Crippen LogP contribution in [-0.4, -0.2) is 47.2 Å². The molecule has 0 bridgehead atoms. The van der Waals surface area contributed by atoms with Gasteiger partial charge in [0.2, 0.25) is 0 Å². The second kappa shape index (κ2) is 9.93. The third kappa shape index (κ3) is 9.06. The van der Waals surface area contributed by atoms with Gasteiger partial charge in [0, 0.05) is 19.1 Å². The van der Waals surface area contributed by atoms with Crippen LogP contribution < -0.4 is 10.6 Å². The number of hydrogen-bond donors (Lipinski definition) is 4. The number of carboxylic acid groups (broad SMARTS) is 2. The van der Waals surface area contributed by atoms with E-state index in [4.69, 9.17) is 19.8 Å². The maximum absolute atomic E-state index is 11.4. The maximum atomic E-state index is 11.4. The summed E-state index contributed by atoms with van der Waals surface area (Å²) in [5.41, 5.74) is 0. The smallest absolute Gasteiger partial charge is 0.414 e. The second-order valence-corrected chi connectivity index (χ2v) is 4.90. The summed E-state index contributed by atoms with van der Waals surface area (Å²) in [6.45, 7) is 5.66. The number of aliphatic carboxylic acids is 2. The molecule has 7 nitrogen and oxygen atoms in total. The number of nitrogens with one attached hydrogen (secondary N) is 2. The van der Waals surface area contributed by atoms with Crippen molar-refractivity contribution < 1.29 is 24.6 Å². The molecule has 0 fully saturated rings. The van der Waals surface area contributed by atoms with Gasteiger partial charge in [0.15, 0.2) is 0 Å². The van der Waals surface area contributed by atoms with Crippen molar-refractivity contribution in [2.75, 3.05) is 13.1 Å². The Balaban J connectivity index is 0.000000511. The lowest BCUT2D eigenvalue weighted by Gasteiger charge is -2.08. The average molecular weight is 302 g/mol. The number of carbonyl (C=O) groups excluding carboxylic acids is 1. The van der Waals surface area contributed by atoms with Crippen molar-refractivity contribution >= 4 is 29.2 Å². The second-order valence-electron chi connectivity index (χ2n) is 3.95. The Morgan fingerprint density at radius 2 is 1.80 bits per heavy atom. The molecule has 0 aliphatic rings. The van der Waals surface area contributed by atoms with Crippen molar-refractivity contribution in [3.05, 3.63) is 22.4 Å². The molecule has 1 aromatic rings. The van der Waals surface area contributed by atoms with Crippen LogP contribution in [0.3, 0.4) is 0 Å². The third-order valence-corrected chi connectivity index (χ3v) is 2.76. The van der Waals surface area contributed by atoms with Gasteiger partial charge in [0.1, 0.15) is 0 Å². The Hall–Kier alpha value is -1.93. The molecule has 0 spiro atoms. The Morgan fingerprint density at radius 1 is 1.20 bits per heavy atom. The minimum Gasteiger partial charge on any atom is -0.473 e. The monoisotopic (exact) mass is 302 g/mol. The summed E-state index contributed by atoms with van der Waals surface area (Å²) in [6.07, 6.45) is 0. The van der Waals surface area contributed by atoms with Gasteiger partial charge in [-0.2, -0.15) is 0 Å². The number of carboxylic acids is 2. The van der Waals surface area contributed by atoms with Crippen LogP contribution in [0.1, 0.15) is 23.5 Å². The van der Waals surface area contributed by atoms with E-state index >= 15 is 0 Å². The largest absolute Gasteiger partial charge is 0.473 e. The highest BCUT2D eigenvalue weighted by Gasteiger charge is 2.04. The van der Waals surface area contributed by atoms with Gasteiger partial charge in [-0.15, -0.1) is 11.3 Å². The topological polar surface area (TPSA) is 116 Å². The summed E-state index contributed by atoms with van der Waals surface area (Å²) in [6, 6.07) is 4.18. The van der Waals surface area contributed by atoms with E-state index in [0.717, 1.165) is 11.4 Å². The minimum absolute atomic E-state index is 0.0190. The normalized spacial score (nSPS) is 9.55. The SMILES string of the molecule is CC(C)NCCNC(=O)c1cccs1.O=C(O)C(=O)O. The Morgan fingerprint density at radius 3 is 2.20 bits per heavy atom. The van der Waals surface area contributed by atoms with Crippen LogP contribution in [0.15, 0.2) is 17.5 Å². The van der Waals surface area contributed by atoms with Crippen LogP contribution >= 0.6 is 11.3 Å². The Kier molecular flexibility index (Phi) is 8.97. The number of carbonyl (C=O) groups is 3. The molecule has 1 rings (SSSR count). The predicted molar refractivity (Wildman–Crippen MR) is 75.1 cm³/mol. The molecular weight excluding hydrogens is 284 g/mol. The highest BCUT2D eigenvalue weighted by molar-refractivity contribution is 7.12. The van der Waals surface area contributed by atoms with Crippen LogP contribution in [0.5, 0.6) is 0 Å². The molecule has 4 N–H and O–H groups in total. The van der Waals surface area contributed by atoms with Crippen LogP contribution in [-0.2, 0) is 9.59 Å². The molecule has 8 heteroatoms. The van der Waals surface area contributed by atoms with Gasteiger partial charge in [0.05, 0.1) is 4.88 Å². The standard InChI is InChI=1S/C10H16N2OS.C2H2O4/c1-8(2)11-5-6-12-10(13)9-4-3-7-14-9;3-1(4)2(5)6/h3-4,7-8,11H,5-6H2,1-2H3,(H,12,13);(H,3,4)(H,5,6). The van der Waals surface area contributed by atoms with Crippen LogP contribution in [0, 0.1) is 0 Å². The van der Waals surface area contributed by atoms with Crippen molar-refractivity contribution in [2.45, 2.75) is 19.9 Å². The fraction of sp³-hybridized carbons (Fsp3) is 0.417. The van der Waals surface area contributed by atoms with Crippen LogP contribution in [0.2, 0.25) is 0 Å². The molecular formula is C12H18N2O5S. The average Bonchev–Trinajstić information content (AvgIpc) is 2.88. The van der Waals surface area contributed by atoms with E-state index in [0.29, 0.717) is 12.6 Å². The molecule has 0 aromatic carbocycles. The van der Waals surface area contributed by atoms with Gasteiger partial charge >= 0.3 is 11.9 Å². The summed E-state index contributed by atoms with van der Waals surface area (Å²) < 4.78 is 0. The minimum atomic E-state index is -1.82. The lowest BCUT2D eigenvalue weighted by molar-refractivity contribution is -0.159. The highest BCUT2D eigenvalue weighted by Crippen LogP contribution is 2.07. The molecule has 1 aromatic heterocycles. The first-order valence-electron chi connectivity index (χ1n) is 5.86. The summed E-state index contributed by atoms with van der Waals surface area (Å²) >= 11 is 1.46. The van der Waals surface area contributed by atoms with E-state index in [9.17, 15) is 4.79 Å². The Labute approximate surface area is 120 Å². The van der Waals surface area contributed by atoms with Crippen LogP contribution in [0.4, 0.5) is 0 Å². The van der Waals surface area contributed by atoms with Crippen molar-refractivity contribution in [1.82, 2.24) is 10.6 Å². The third-order valence-electron chi connectivity index (χ3n) is 1.89. The molecule has 112 valence electrons. The summed E-state index contributed by atoms with van der Waals surface area (Å²) in [5.74, 6) is -3.63. The lowest BCUT2D eigenvalue weighted by Crippen LogP contribution is -2.34.